The molecule has 3 N–H and O–H groups in total. The van der Waals surface area contributed by atoms with Crippen LogP contribution in [0.5, 0.6) is 0 Å². The highest BCUT2D eigenvalue weighted by Gasteiger charge is 2.09. The first-order valence-electron chi connectivity index (χ1n) is 3.69. The van der Waals surface area contributed by atoms with Crippen molar-refractivity contribution in [2.45, 2.75) is 38.8 Å². The fourth-order valence-electron chi connectivity index (χ4n) is 1.01. The van der Waals surface area contributed by atoms with Crippen molar-refractivity contribution in [3.8, 4) is 0 Å². The summed E-state index contributed by atoms with van der Waals surface area (Å²) in [6.07, 6.45) is 2.17. The highest BCUT2D eigenvalue weighted by atomic mass is 14.9. The highest BCUT2D eigenvalue weighted by Crippen LogP contribution is 1.98. The molecule has 0 amide bonds. The van der Waals surface area contributed by atoms with Crippen molar-refractivity contribution in [1.82, 2.24) is 5.32 Å². The summed E-state index contributed by atoms with van der Waals surface area (Å²) in [7, 11) is 1.96. The second-order valence-electron chi connectivity index (χ2n) is 2.38. The molecule has 0 heterocycles. The number of nitrogens with two attached hydrogens (primary N) is 1. The second kappa shape index (κ2) is 4.77. The second-order valence-corrected chi connectivity index (χ2v) is 2.38. The normalized spacial score (nSPS) is 17.3. The SMILES string of the molecule is CCC(N)C(CC)NC. The van der Waals surface area contributed by atoms with E-state index in [1.165, 1.54) is 0 Å². The van der Waals surface area contributed by atoms with Gasteiger partial charge in [0.1, 0.15) is 0 Å². The van der Waals surface area contributed by atoms with Crippen molar-refractivity contribution in [3.63, 3.8) is 0 Å². The van der Waals surface area contributed by atoms with Gasteiger partial charge in [-0.2, -0.15) is 0 Å². The maximum Gasteiger partial charge on any atom is 0.0213 e. The molecule has 0 saturated heterocycles. The van der Waals surface area contributed by atoms with E-state index >= 15 is 0 Å². The minimum atomic E-state index is 0.319. The van der Waals surface area contributed by atoms with Crippen molar-refractivity contribution in [1.29, 1.82) is 0 Å². The van der Waals surface area contributed by atoms with Crippen molar-refractivity contribution < 1.29 is 0 Å². The lowest BCUT2D eigenvalue weighted by atomic mass is 10.1. The first kappa shape index (κ1) is 8.92. The van der Waals surface area contributed by atoms with E-state index in [1.807, 2.05) is 7.05 Å². The van der Waals surface area contributed by atoms with Gasteiger partial charge in [-0.05, 0) is 19.9 Å². The molecule has 9 heavy (non-hydrogen) atoms. The number of nitrogens with one attached hydrogen (secondary N) is 1. The molecule has 0 rings (SSSR count). The quantitative estimate of drug-likeness (QED) is 0.588. The van der Waals surface area contributed by atoms with Crippen LogP contribution in [-0.2, 0) is 0 Å². The average Bonchev–Trinajstić information content (AvgIpc) is 1.90. The fraction of sp³-hybridized carbons (Fsp3) is 1.00. The van der Waals surface area contributed by atoms with Gasteiger partial charge in [0.25, 0.3) is 0 Å². The van der Waals surface area contributed by atoms with Crippen LogP contribution >= 0.6 is 0 Å². The molecule has 2 nitrogen and oxygen atoms in total. The monoisotopic (exact) mass is 130 g/mol. The maximum absolute atomic E-state index is 5.78. The Balaban J connectivity index is 3.50. The Morgan fingerprint density at radius 3 is 2.00 bits per heavy atom. The molecule has 0 aliphatic rings. The van der Waals surface area contributed by atoms with E-state index < -0.39 is 0 Å². The Kier molecular flexibility index (Phi) is 4.72. The van der Waals surface area contributed by atoms with Gasteiger partial charge in [0.15, 0.2) is 0 Å². The zero-order chi connectivity index (χ0) is 7.28. The van der Waals surface area contributed by atoms with Gasteiger partial charge >= 0.3 is 0 Å². The van der Waals surface area contributed by atoms with Crippen molar-refractivity contribution in [3.05, 3.63) is 0 Å². The van der Waals surface area contributed by atoms with Crippen LogP contribution in [0.3, 0.4) is 0 Å². The summed E-state index contributed by atoms with van der Waals surface area (Å²) in [6.45, 7) is 4.27. The van der Waals surface area contributed by atoms with Crippen LogP contribution in [0.15, 0.2) is 0 Å². The molecule has 0 aromatic heterocycles. The van der Waals surface area contributed by atoms with E-state index in [0.29, 0.717) is 12.1 Å². The summed E-state index contributed by atoms with van der Waals surface area (Å²) in [5, 5.41) is 3.18. The lowest BCUT2D eigenvalue weighted by molar-refractivity contribution is 0.437. The molecule has 0 bridgehead atoms. The van der Waals surface area contributed by atoms with Crippen LogP contribution in [0.4, 0.5) is 0 Å². The van der Waals surface area contributed by atoms with Gasteiger partial charge in [0.2, 0.25) is 0 Å². The molecule has 2 unspecified atom stereocenters. The minimum Gasteiger partial charge on any atom is -0.326 e. The maximum atomic E-state index is 5.78. The molecule has 0 aliphatic carbocycles. The third kappa shape index (κ3) is 2.82. The molecule has 0 fully saturated rings. The van der Waals surface area contributed by atoms with Gasteiger partial charge in [-0.1, -0.05) is 13.8 Å². The van der Waals surface area contributed by atoms with Crippen molar-refractivity contribution in [2.24, 2.45) is 5.73 Å². The van der Waals surface area contributed by atoms with E-state index in [0.717, 1.165) is 12.8 Å². The highest BCUT2D eigenvalue weighted by molar-refractivity contribution is 4.74. The molecule has 0 radical (unpaired) electrons. The Hall–Kier alpha value is -0.0800. The van der Waals surface area contributed by atoms with E-state index in [9.17, 15) is 0 Å². The van der Waals surface area contributed by atoms with Crippen LogP contribution in [0.2, 0.25) is 0 Å². The number of likely N-dealkylation sites (N-methyl/N-ethyl adjacent to an activating group) is 1. The van der Waals surface area contributed by atoms with Crippen LogP contribution < -0.4 is 11.1 Å². The molecule has 0 saturated carbocycles. The zero-order valence-electron chi connectivity index (χ0n) is 6.65. The lowest BCUT2D eigenvalue weighted by Gasteiger charge is -2.19. The van der Waals surface area contributed by atoms with Crippen molar-refractivity contribution >= 4 is 0 Å². The molecular formula is C7H18N2. The summed E-state index contributed by atoms with van der Waals surface area (Å²) in [4.78, 5) is 0. The Morgan fingerprint density at radius 2 is 1.89 bits per heavy atom. The summed E-state index contributed by atoms with van der Waals surface area (Å²) in [6, 6.07) is 0.815. The number of hydrogen-bond acceptors (Lipinski definition) is 2. The van der Waals surface area contributed by atoms with Crippen LogP contribution in [0.1, 0.15) is 26.7 Å². The summed E-state index contributed by atoms with van der Waals surface area (Å²) < 4.78 is 0. The predicted octanol–water partition coefficient (Wildman–Crippen LogP) is 0.722. The van der Waals surface area contributed by atoms with Crippen LogP contribution in [-0.4, -0.2) is 19.1 Å². The molecule has 56 valence electrons. The third-order valence-electron chi connectivity index (χ3n) is 1.80. The van der Waals surface area contributed by atoms with Crippen LogP contribution in [0.25, 0.3) is 0 Å². The summed E-state index contributed by atoms with van der Waals surface area (Å²) >= 11 is 0. The standard InChI is InChI=1S/C7H18N2/c1-4-6(8)7(5-2)9-3/h6-7,9H,4-5,8H2,1-3H3. The predicted molar refractivity (Wildman–Crippen MR) is 41.4 cm³/mol. The largest absolute Gasteiger partial charge is 0.326 e. The van der Waals surface area contributed by atoms with Gasteiger partial charge in [-0.15, -0.1) is 0 Å². The van der Waals surface area contributed by atoms with Gasteiger partial charge in [-0.25, -0.2) is 0 Å². The third-order valence-corrected chi connectivity index (χ3v) is 1.80. The Morgan fingerprint density at radius 1 is 1.33 bits per heavy atom. The molecule has 0 aromatic carbocycles. The smallest absolute Gasteiger partial charge is 0.0213 e. The Bertz CT molecular complexity index is 59.9. The molecular weight excluding hydrogens is 112 g/mol. The molecule has 0 spiro atoms. The molecule has 0 aliphatic heterocycles. The first-order valence-corrected chi connectivity index (χ1v) is 3.69. The Labute approximate surface area is 57.8 Å². The molecule has 2 heteroatoms. The van der Waals surface area contributed by atoms with Gasteiger partial charge in [-0.3, -0.25) is 0 Å². The van der Waals surface area contributed by atoms with Gasteiger partial charge in [0, 0.05) is 12.1 Å². The topological polar surface area (TPSA) is 38.0 Å². The van der Waals surface area contributed by atoms with E-state index in [-0.39, 0.29) is 0 Å². The number of rotatable bonds is 4. The van der Waals surface area contributed by atoms with Gasteiger partial charge < -0.3 is 11.1 Å². The van der Waals surface area contributed by atoms with E-state index in [2.05, 4.69) is 19.2 Å². The van der Waals surface area contributed by atoms with Crippen LogP contribution in [0, 0.1) is 0 Å². The summed E-state index contributed by atoms with van der Waals surface area (Å²) in [5.41, 5.74) is 5.78. The fourth-order valence-corrected chi connectivity index (χ4v) is 1.01. The molecule has 2 atom stereocenters. The van der Waals surface area contributed by atoms with Crippen molar-refractivity contribution in [2.75, 3.05) is 7.05 Å². The summed E-state index contributed by atoms with van der Waals surface area (Å²) in [5.74, 6) is 0. The zero-order valence-corrected chi connectivity index (χ0v) is 6.65. The number of hydrogen-bond donors (Lipinski definition) is 2. The molecule has 0 aromatic rings. The minimum absolute atomic E-state index is 0.319. The average molecular weight is 130 g/mol. The van der Waals surface area contributed by atoms with E-state index in [4.69, 9.17) is 5.73 Å². The van der Waals surface area contributed by atoms with Gasteiger partial charge in [0.05, 0.1) is 0 Å². The first-order chi connectivity index (χ1) is 4.26. The lowest BCUT2D eigenvalue weighted by Crippen LogP contribution is -2.42. The van der Waals surface area contributed by atoms with E-state index in [1.54, 1.807) is 0 Å².